The Hall–Kier alpha value is -4.42. The number of alkyl halides is 1. The molecule has 0 fully saturated rings. The van der Waals surface area contributed by atoms with E-state index in [9.17, 15) is 23.5 Å². The third kappa shape index (κ3) is 21.9. The number of anilines is 2. The van der Waals surface area contributed by atoms with Gasteiger partial charge < -0.3 is 60.2 Å². The Balaban J connectivity index is 0.000000648. The molecule has 0 aromatic carbocycles. The monoisotopic (exact) mass is 1050 g/mol. The van der Waals surface area contributed by atoms with E-state index in [4.69, 9.17) is 56.5 Å². The lowest BCUT2D eigenvalue weighted by Crippen LogP contribution is -2.55. The number of rotatable bonds is 17. The zero-order valence-corrected chi connectivity index (χ0v) is 46.0. The molecule has 11 N–H and O–H groups in total. The van der Waals surface area contributed by atoms with Gasteiger partial charge in [0.2, 0.25) is 7.44 Å². The van der Waals surface area contributed by atoms with E-state index in [0.29, 0.717) is 35.4 Å². The van der Waals surface area contributed by atoms with Crippen molar-refractivity contribution in [3.63, 3.8) is 0 Å². The lowest BCUT2D eigenvalue weighted by Gasteiger charge is -2.37. The van der Waals surface area contributed by atoms with Gasteiger partial charge in [-0.1, -0.05) is 0 Å². The molecule has 4 aromatic rings. The summed E-state index contributed by atoms with van der Waals surface area (Å²) < 4.78 is 55.6. The van der Waals surface area contributed by atoms with Gasteiger partial charge in [0, 0.05) is 0 Å². The summed E-state index contributed by atoms with van der Waals surface area (Å²) in [6.45, 7) is 29.5. The summed E-state index contributed by atoms with van der Waals surface area (Å²) >= 11 is 5.72. The molecule has 70 heavy (non-hydrogen) atoms. The van der Waals surface area contributed by atoms with Crippen LogP contribution in [0.1, 0.15) is 118 Å². The van der Waals surface area contributed by atoms with Gasteiger partial charge in [0.25, 0.3) is 0 Å². The number of hydrogen-bond donors (Lipinski definition) is 7. The highest BCUT2D eigenvalue weighted by Crippen LogP contribution is 2.43. The number of imidazole rings is 2. The third-order valence-electron chi connectivity index (χ3n) is 8.46. The predicted molar refractivity (Wildman–Crippen MR) is 267 cm³/mol. The Morgan fingerprint density at radius 2 is 0.943 bits per heavy atom. The molecule has 2 atom stereocenters. The number of carbonyl (C=O) groups is 3. The molecule has 0 amide bonds. The fourth-order valence-corrected chi connectivity index (χ4v) is 8.60. The molecule has 0 bridgehead atoms. The summed E-state index contributed by atoms with van der Waals surface area (Å²) in [7, 11) is -7.95. The van der Waals surface area contributed by atoms with E-state index in [1.807, 2.05) is 20.8 Å². The van der Waals surface area contributed by atoms with Crippen molar-refractivity contribution >= 4 is 78.5 Å². The first-order chi connectivity index (χ1) is 31.0. The van der Waals surface area contributed by atoms with Crippen LogP contribution >= 0.6 is 26.6 Å². The minimum atomic E-state index is -4.16. The van der Waals surface area contributed by atoms with E-state index >= 15 is 0 Å². The quantitative estimate of drug-likeness (QED) is 0.0282. The minimum Gasteiger partial charge on any atom is -0.459 e. The highest BCUT2D eigenvalue weighted by molar-refractivity contribution is 7.59. The number of halogens is 1. The fraction of sp³-hybridized carbons (Fsp3) is 0.690. The van der Waals surface area contributed by atoms with Crippen LogP contribution in [0.2, 0.25) is 0 Å². The number of hydrogen-bond acceptors (Lipinski definition) is 19. The van der Waals surface area contributed by atoms with Crippen LogP contribution < -0.4 is 27.8 Å². The molecule has 0 unspecified atom stereocenters. The summed E-state index contributed by atoms with van der Waals surface area (Å²) in [5, 5.41) is 5.80. The van der Waals surface area contributed by atoms with E-state index in [1.54, 1.807) is 112 Å². The second-order valence-corrected chi connectivity index (χ2v) is 25.4. The largest absolute Gasteiger partial charge is 0.459 e. The zero-order chi connectivity index (χ0) is 53.4. The van der Waals surface area contributed by atoms with Gasteiger partial charge in [-0.2, -0.15) is 0 Å². The Bertz CT molecular complexity index is 2420. The molecule has 0 aliphatic heterocycles. The summed E-state index contributed by atoms with van der Waals surface area (Å²) in [5.41, 5.74) is 8.84. The molecule has 25 nitrogen and oxygen atoms in total. The first-order valence-electron chi connectivity index (χ1n) is 21.7. The van der Waals surface area contributed by atoms with E-state index in [1.165, 1.54) is 19.0 Å². The first-order valence-corrected chi connectivity index (χ1v) is 25.8. The lowest BCUT2D eigenvalue weighted by molar-refractivity contribution is -0.161. The molecule has 0 saturated heterocycles. The van der Waals surface area contributed by atoms with Gasteiger partial charge in [-0.25, -0.2) is 40.1 Å². The van der Waals surface area contributed by atoms with Crippen molar-refractivity contribution in [1.29, 1.82) is 0 Å². The fourth-order valence-electron chi connectivity index (χ4n) is 5.48. The Labute approximate surface area is 414 Å². The molecule has 4 heterocycles. The average Bonchev–Trinajstić information content (AvgIpc) is 3.76. The van der Waals surface area contributed by atoms with E-state index in [-0.39, 0.29) is 30.1 Å². The molecular formula is C42H76ClN13O12P2. The van der Waals surface area contributed by atoms with E-state index in [2.05, 4.69) is 40.1 Å². The summed E-state index contributed by atoms with van der Waals surface area (Å²) in [6, 6.07) is 0. The van der Waals surface area contributed by atoms with Crippen LogP contribution in [0.15, 0.2) is 25.3 Å². The maximum atomic E-state index is 14.3. The van der Waals surface area contributed by atoms with Gasteiger partial charge in [0.15, 0.2) is 22.9 Å². The SMILES string of the molecule is CC(C)(C)OC(=O)C(C)(C)Cl.C[C@H](Cn1cnc2c(N)ncnc21)OCP(=O)(NC(C)(C)C(=O)OC(C)(C)C)NC(C)(C)C(=O)OC(C)(C)C.C[C@H](Cn1cnc2c(N)ncnc21)OCP(=O)(O)O.N. The molecule has 0 radical (unpaired) electrons. The number of nitrogen functional groups attached to an aromatic ring is 2. The van der Waals surface area contributed by atoms with Crippen LogP contribution in [0, 0.1) is 0 Å². The van der Waals surface area contributed by atoms with Crippen molar-refractivity contribution in [3.8, 4) is 0 Å². The molecule has 398 valence electrons. The average molecular weight is 1050 g/mol. The number of esters is 3. The second kappa shape index (κ2) is 24.3. The summed E-state index contributed by atoms with van der Waals surface area (Å²) in [4.78, 5) is 78.0. The topological polar surface area (TPSA) is 370 Å². The van der Waals surface area contributed by atoms with Gasteiger partial charge in [0.1, 0.15) is 69.1 Å². The number of nitrogens with two attached hydrogens (primary N) is 2. The molecule has 0 saturated carbocycles. The van der Waals surface area contributed by atoms with Crippen LogP contribution in [0.3, 0.4) is 0 Å². The molecule has 28 heteroatoms. The van der Waals surface area contributed by atoms with Gasteiger partial charge in [-0.3, -0.25) is 23.5 Å². The molecule has 4 aromatic heterocycles. The Morgan fingerprint density at radius 1 is 0.614 bits per heavy atom. The number of nitrogens with one attached hydrogen (secondary N) is 2. The first kappa shape index (κ1) is 63.6. The number of ether oxygens (including phenoxy) is 5. The highest BCUT2D eigenvalue weighted by atomic mass is 35.5. The number of aromatic nitrogens is 8. The van der Waals surface area contributed by atoms with Crippen molar-refractivity contribution in [3.05, 3.63) is 25.3 Å². The Morgan fingerprint density at radius 3 is 1.24 bits per heavy atom. The van der Waals surface area contributed by atoms with Gasteiger partial charge in [-0.15, -0.1) is 11.6 Å². The lowest BCUT2D eigenvalue weighted by atomic mass is 10.1. The minimum absolute atomic E-state index is 0. The van der Waals surface area contributed by atoms with Crippen LogP contribution in [-0.2, 0) is 60.3 Å². The highest BCUT2D eigenvalue weighted by Gasteiger charge is 2.44. The second-order valence-electron chi connectivity index (χ2n) is 20.7. The van der Waals surface area contributed by atoms with Gasteiger partial charge >= 0.3 is 25.5 Å². The van der Waals surface area contributed by atoms with Crippen molar-refractivity contribution in [2.75, 3.05) is 24.2 Å². The van der Waals surface area contributed by atoms with E-state index in [0.717, 1.165) is 0 Å². The maximum absolute atomic E-state index is 14.3. The third-order valence-corrected chi connectivity index (χ3v) is 11.5. The molecular weight excluding hydrogens is 976 g/mol. The predicted octanol–water partition coefficient (Wildman–Crippen LogP) is 5.84. The molecule has 0 aliphatic carbocycles. The number of carbonyl (C=O) groups excluding carboxylic acids is 3. The summed E-state index contributed by atoms with van der Waals surface area (Å²) in [6.07, 6.45) is 3.95. The zero-order valence-electron chi connectivity index (χ0n) is 43.5. The Kier molecular flexibility index (Phi) is 22.1. The summed E-state index contributed by atoms with van der Waals surface area (Å²) in [5.74, 6) is -1.05. The van der Waals surface area contributed by atoms with E-state index < -0.39 is 78.3 Å². The number of fused-ring (bicyclic) bond motifs is 2. The normalized spacial score (nSPS) is 13.8. The van der Waals surface area contributed by atoms with Gasteiger partial charge in [0.05, 0.1) is 38.0 Å². The van der Waals surface area contributed by atoms with Crippen molar-refractivity contribution in [2.24, 2.45) is 0 Å². The van der Waals surface area contributed by atoms with Crippen LogP contribution in [0.25, 0.3) is 22.3 Å². The molecule has 0 aliphatic rings. The van der Waals surface area contributed by atoms with Crippen LogP contribution in [-0.4, -0.2) is 124 Å². The van der Waals surface area contributed by atoms with Crippen LogP contribution in [0.5, 0.6) is 0 Å². The van der Waals surface area contributed by atoms with Crippen molar-refractivity contribution in [1.82, 2.24) is 55.4 Å². The van der Waals surface area contributed by atoms with Crippen molar-refractivity contribution in [2.45, 2.75) is 176 Å². The molecule has 4 rings (SSSR count). The van der Waals surface area contributed by atoms with Gasteiger partial charge in [-0.05, 0) is 118 Å². The molecule has 0 spiro atoms. The maximum Gasteiger partial charge on any atom is 0.350 e. The standard InChI is InChI=1S/C25H44N7O6P.C9H14N5O4P.C8H15ClO2.H3N/c1-16(12-32-14-29-17-18(26)27-13-28-19(17)32)36-15-39(35,30-24(8,9)20(33)37-22(2,3)4)31-25(10,11)21(34)38-23(5,6)7;1-6(18-5-19(15,16)17)2-14-4-13-7-8(10)11-3-12-9(7)14;1-7(2,3)11-6(10)8(4,5)9;/h13-14,16H,12,15H2,1-11H3,(H2,26,27,28)(H2,30,31,35);3-4,6H,2,5H2,1H3,(H2,10,11,12)(H2,15,16,17);1-5H3;1H3/t16-;6-;;/m11../s1. The van der Waals surface area contributed by atoms with Crippen LogP contribution in [0.4, 0.5) is 11.6 Å². The smallest absolute Gasteiger partial charge is 0.350 e. The number of nitrogens with zero attached hydrogens (tertiary/aromatic N) is 8. The van der Waals surface area contributed by atoms with Crippen molar-refractivity contribution < 1.29 is 57.0 Å².